The average molecular weight is 867 g/mol. The van der Waals surface area contributed by atoms with Crippen molar-refractivity contribution in [3.05, 3.63) is 215 Å². The first-order valence-corrected chi connectivity index (χ1v) is 22.1. The topological polar surface area (TPSA) is 103 Å². The monoisotopic (exact) mass is 866 g/mol. The van der Waals surface area contributed by atoms with Gasteiger partial charge in [0.05, 0.1) is 52.4 Å². The third-order valence-electron chi connectivity index (χ3n) is 11.5. The van der Waals surface area contributed by atoms with Crippen molar-refractivity contribution in [2.45, 2.75) is 108 Å². The Balaban J connectivity index is 1.07. The summed E-state index contributed by atoms with van der Waals surface area (Å²) < 4.78 is 60.2. The number of ether oxygens (including phenoxy) is 9. The minimum absolute atomic E-state index is 0.0450. The zero-order chi connectivity index (χ0) is 43.8. The van der Waals surface area contributed by atoms with E-state index in [9.17, 15) is 5.11 Å². The van der Waals surface area contributed by atoms with Crippen LogP contribution in [-0.4, -0.2) is 73.1 Å². The molecule has 1 N–H and O–H groups in total. The molecule has 2 aliphatic heterocycles. The molecule has 6 aromatic carbocycles. The first kappa shape index (κ1) is 45.5. The van der Waals surface area contributed by atoms with Crippen LogP contribution < -0.4 is 0 Å². The van der Waals surface area contributed by atoms with Gasteiger partial charge in [-0.15, -0.1) is 0 Å². The van der Waals surface area contributed by atoms with E-state index >= 15 is 0 Å². The largest absolute Gasteiger partial charge is 0.368 e. The molecule has 0 amide bonds. The van der Waals surface area contributed by atoms with Crippen LogP contribution in [0.1, 0.15) is 40.3 Å². The highest BCUT2D eigenvalue weighted by Gasteiger charge is 2.51. The molecule has 10 atom stereocenters. The number of aliphatic hydroxyl groups excluding tert-OH is 1. The Morgan fingerprint density at radius 3 is 1.02 bits per heavy atom. The standard InChI is InChI=1S/C54H58O10/c1-39-47(56-32-40-20-8-2-9-21-40)49(58-34-42-24-12-4-13-25-42)52(61-37-45-30-18-7-19-31-45)54(63-39)62-38-46-48(57-33-41-22-10-3-11-23-41)50(59-35-43-26-14-5-15-27-43)51(53(55)64-46)60-36-44-28-16-6-17-29-44/h2-31,39,46-55H,32-38H2,1H3/t39-,46+,47+,48+,49+,50-,51+,52-,53-,54-/m0/s1. The quantitative estimate of drug-likeness (QED) is 0.0755. The lowest BCUT2D eigenvalue weighted by Gasteiger charge is -2.47. The predicted octanol–water partition coefficient (Wildman–Crippen LogP) is 8.98. The Morgan fingerprint density at radius 2 is 0.641 bits per heavy atom. The Labute approximate surface area is 376 Å². The van der Waals surface area contributed by atoms with E-state index in [1.165, 1.54) is 0 Å². The van der Waals surface area contributed by atoms with Gasteiger partial charge in [0, 0.05) is 0 Å². The highest BCUT2D eigenvalue weighted by atomic mass is 16.7. The first-order valence-electron chi connectivity index (χ1n) is 22.1. The number of rotatable bonds is 21. The minimum Gasteiger partial charge on any atom is -0.368 e. The van der Waals surface area contributed by atoms with E-state index in [2.05, 4.69) is 0 Å². The second-order valence-corrected chi connectivity index (χ2v) is 16.2. The summed E-state index contributed by atoms with van der Waals surface area (Å²) in [6, 6.07) is 59.7. The molecule has 0 saturated carbocycles. The van der Waals surface area contributed by atoms with Crippen LogP contribution in [0.4, 0.5) is 0 Å². The maximum absolute atomic E-state index is 11.8. The average Bonchev–Trinajstić information content (AvgIpc) is 3.35. The van der Waals surface area contributed by atoms with E-state index in [1.54, 1.807) is 0 Å². The smallest absolute Gasteiger partial charge is 0.186 e. The van der Waals surface area contributed by atoms with Gasteiger partial charge in [0.2, 0.25) is 0 Å². The van der Waals surface area contributed by atoms with Crippen LogP contribution in [0.15, 0.2) is 182 Å². The maximum Gasteiger partial charge on any atom is 0.186 e. The van der Waals surface area contributed by atoms with Crippen molar-refractivity contribution < 1.29 is 47.7 Å². The molecule has 0 spiro atoms. The normalized spacial score (nSPS) is 25.8. The summed E-state index contributed by atoms with van der Waals surface area (Å²) in [4.78, 5) is 0. The van der Waals surface area contributed by atoms with E-state index in [0.717, 1.165) is 33.4 Å². The second-order valence-electron chi connectivity index (χ2n) is 16.2. The zero-order valence-corrected chi connectivity index (χ0v) is 36.2. The SMILES string of the molecule is C[C@@H]1O[C@H](OC[C@H]2O[C@H](O)[C@H](OCc3ccccc3)[C@@H](OCc3ccccc3)[C@@H]2OCc2ccccc2)[C@@H](OCc2ccccc2)[C@H](OCc2ccccc2)[C@@H]1OCc1ccccc1. The van der Waals surface area contributed by atoms with Gasteiger partial charge in [0.25, 0.3) is 0 Å². The van der Waals surface area contributed by atoms with Gasteiger partial charge in [0.15, 0.2) is 12.6 Å². The van der Waals surface area contributed by atoms with Crippen LogP contribution in [-0.2, 0) is 82.3 Å². The third-order valence-corrected chi connectivity index (χ3v) is 11.5. The molecule has 0 aliphatic carbocycles. The molecule has 2 fully saturated rings. The number of benzene rings is 6. The molecule has 0 unspecified atom stereocenters. The molecular weight excluding hydrogens is 809 g/mol. The molecule has 2 aliphatic rings. The molecule has 2 saturated heterocycles. The summed E-state index contributed by atoms with van der Waals surface area (Å²) in [7, 11) is 0. The third kappa shape index (κ3) is 12.8. The summed E-state index contributed by atoms with van der Waals surface area (Å²) in [5.74, 6) is 0. The molecule has 2 heterocycles. The van der Waals surface area contributed by atoms with Gasteiger partial charge in [0.1, 0.15) is 42.7 Å². The molecule has 0 bridgehead atoms. The highest BCUT2D eigenvalue weighted by molar-refractivity contribution is 5.18. The fourth-order valence-corrected chi connectivity index (χ4v) is 8.09. The first-order chi connectivity index (χ1) is 31.6. The lowest BCUT2D eigenvalue weighted by molar-refractivity contribution is -0.345. The Bertz CT molecular complexity index is 2030. The van der Waals surface area contributed by atoms with Gasteiger partial charge in [-0.3, -0.25) is 0 Å². The van der Waals surface area contributed by atoms with Crippen LogP contribution in [0.3, 0.4) is 0 Å². The molecule has 6 aromatic rings. The molecule has 0 aromatic heterocycles. The van der Waals surface area contributed by atoms with Crippen molar-refractivity contribution in [2.24, 2.45) is 0 Å². The summed E-state index contributed by atoms with van der Waals surface area (Å²) in [6.07, 6.45) is -7.86. The minimum atomic E-state index is -1.37. The van der Waals surface area contributed by atoms with Crippen molar-refractivity contribution in [1.29, 1.82) is 0 Å². The van der Waals surface area contributed by atoms with E-state index in [-0.39, 0.29) is 33.0 Å². The van der Waals surface area contributed by atoms with Crippen LogP contribution in [0.5, 0.6) is 0 Å². The summed E-state index contributed by atoms with van der Waals surface area (Å²) in [5, 5.41) is 11.8. The summed E-state index contributed by atoms with van der Waals surface area (Å²) >= 11 is 0. The fraction of sp³-hybridized carbons (Fsp3) is 0.333. The van der Waals surface area contributed by atoms with Gasteiger partial charge in [-0.25, -0.2) is 0 Å². The highest BCUT2D eigenvalue weighted by Crippen LogP contribution is 2.34. The van der Waals surface area contributed by atoms with E-state index < -0.39 is 61.4 Å². The van der Waals surface area contributed by atoms with Crippen LogP contribution in [0.25, 0.3) is 0 Å². The van der Waals surface area contributed by atoms with Crippen molar-refractivity contribution in [3.63, 3.8) is 0 Å². The fourth-order valence-electron chi connectivity index (χ4n) is 8.09. The van der Waals surface area contributed by atoms with Crippen molar-refractivity contribution in [3.8, 4) is 0 Å². The second kappa shape index (κ2) is 23.7. The zero-order valence-electron chi connectivity index (χ0n) is 36.2. The summed E-state index contributed by atoms with van der Waals surface area (Å²) in [6.45, 7) is 3.61. The van der Waals surface area contributed by atoms with Crippen LogP contribution in [0.2, 0.25) is 0 Å². The van der Waals surface area contributed by atoms with E-state index in [1.807, 2.05) is 189 Å². The van der Waals surface area contributed by atoms with Crippen LogP contribution in [0, 0.1) is 0 Å². The van der Waals surface area contributed by atoms with E-state index in [4.69, 9.17) is 42.6 Å². The number of hydrogen-bond acceptors (Lipinski definition) is 10. The molecule has 8 rings (SSSR count). The molecule has 10 nitrogen and oxygen atoms in total. The van der Waals surface area contributed by atoms with Crippen LogP contribution >= 0.6 is 0 Å². The van der Waals surface area contributed by atoms with Crippen molar-refractivity contribution >= 4 is 0 Å². The molecule has 64 heavy (non-hydrogen) atoms. The van der Waals surface area contributed by atoms with Gasteiger partial charge < -0.3 is 47.7 Å². The Hall–Kier alpha value is -5.08. The molecule has 0 radical (unpaired) electrons. The van der Waals surface area contributed by atoms with Gasteiger partial charge >= 0.3 is 0 Å². The lowest BCUT2D eigenvalue weighted by Crippen LogP contribution is -2.63. The Morgan fingerprint density at radius 1 is 0.344 bits per heavy atom. The predicted molar refractivity (Wildman–Crippen MR) is 241 cm³/mol. The van der Waals surface area contributed by atoms with Gasteiger partial charge in [-0.05, 0) is 40.3 Å². The van der Waals surface area contributed by atoms with Gasteiger partial charge in [-0.2, -0.15) is 0 Å². The molecule has 334 valence electrons. The number of hydrogen-bond donors (Lipinski definition) is 1. The maximum atomic E-state index is 11.8. The summed E-state index contributed by atoms with van der Waals surface area (Å²) in [5.41, 5.74) is 5.90. The molecular formula is C54H58O10. The number of aliphatic hydroxyl groups is 1. The lowest BCUT2D eigenvalue weighted by atomic mass is 9.97. The van der Waals surface area contributed by atoms with Crippen molar-refractivity contribution in [1.82, 2.24) is 0 Å². The van der Waals surface area contributed by atoms with Crippen molar-refractivity contribution in [2.75, 3.05) is 6.61 Å². The Kier molecular flexibility index (Phi) is 16.9. The molecule has 10 heteroatoms. The van der Waals surface area contributed by atoms with Gasteiger partial charge in [-0.1, -0.05) is 182 Å². The van der Waals surface area contributed by atoms with E-state index in [0.29, 0.717) is 13.2 Å².